The van der Waals surface area contributed by atoms with Gasteiger partial charge in [-0.1, -0.05) is 54.6 Å². The van der Waals surface area contributed by atoms with E-state index in [1.165, 1.54) is 12.1 Å². The second-order valence-electron chi connectivity index (χ2n) is 5.35. The summed E-state index contributed by atoms with van der Waals surface area (Å²) in [5, 5.41) is 36.4. The number of aliphatic hydroxyl groups excluding tert-OH is 1. The van der Waals surface area contributed by atoms with E-state index in [2.05, 4.69) is 0 Å². The molecule has 0 fully saturated rings. The number of hydrogen-bond acceptors (Lipinski definition) is 4. The van der Waals surface area contributed by atoms with E-state index >= 15 is 0 Å². The number of hydrogen-bond donors (Lipinski definition) is 4. The van der Waals surface area contributed by atoms with E-state index in [4.69, 9.17) is 10.2 Å². The fraction of sp³-hybridized carbons (Fsp3) is 0.294. The predicted octanol–water partition coefficient (Wildman–Crippen LogP) is 1.56. The van der Waals surface area contributed by atoms with E-state index in [1.54, 1.807) is 0 Å². The maximum Gasteiger partial charge on any atom is 0.354 e. The van der Waals surface area contributed by atoms with Crippen molar-refractivity contribution in [2.24, 2.45) is 0 Å². The summed E-state index contributed by atoms with van der Waals surface area (Å²) in [7, 11) is 0. The van der Waals surface area contributed by atoms with Crippen LogP contribution in [0.1, 0.15) is 16.7 Å². The molecule has 4 nitrogen and oxygen atoms in total. The van der Waals surface area contributed by atoms with Crippen LogP contribution in [-0.2, 0) is 18.6 Å². The molecule has 0 aliphatic heterocycles. The van der Waals surface area contributed by atoms with Crippen molar-refractivity contribution in [1.82, 2.24) is 0 Å². The van der Waals surface area contributed by atoms with E-state index in [0.29, 0.717) is 6.42 Å². The monoisotopic (exact) mass is 324 g/mol. The SMILES string of the molecule is OC(O)C(F)(F)C(O)(O)c1ccc(CCc2ccccc2)cc1. The second kappa shape index (κ2) is 6.72. The Morgan fingerprint density at radius 3 is 1.74 bits per heavy atom. The third-order valence-corrected chi connectivity index (χ3v) is 3.69. The van der Waals surface area contributed by atoms with Crippen molar-refractivity contribution in [3.8, 4) is 0 Å². The molecular weight excluding hydrogens is 306 g/mol. The minimum absolute atomic E-state index is 0.515. The zero-order chi connectivity index (χ0) is 17.1. The highest BCUT2D eigenvalue weighted by Crippen LogP contribution is 2.37. The Hall–Kier alpha value is -1.86. The number of benzene rings is 2. The molecule has 0 saturated carbocycles. The van der Waals surface area contributed by atoms with Crippen LogP contribution in [0.5, 0.6) is 0 Å². The van der Waals surface area contributed by atoms with Gasteiger partial charge in [-0.15, -0.1) is 0 Å². The van der Waals surface area contributed by atoms with Gasteiger partial charge in [-0.25, -0.2) is 0 Å². The van der Waals surface area contributed by atoms with Gasteiger partial charge in [0.2, 0.25) is 6.29 Å². The zero-order valence-corrected chi connectivity index (χ0v) is 12.2. The maximum absolute atomic E-state index is 13.5. The van der Waals surface area contributed by atoms with Crippen LogP contribution in [-0.4, -0.2) is 32.6 Å². The van der Waals surface area contributed by atoms with E-state index in [-0.39, 0.29) is 0 Å². The van der Waals surface area contributed by atoms with Crippen LogP contribution in [0.3, 0.4) is 0 Å². The highest BCUT2D eigenvalue weighted by atomic mass is 19.3. The Balaban J connectivity index is 2.10. The van der Waals surface area contributed by atoms with Gasteiger partial charge < -0.3 is 20.4 Å². The van der Waals surface area contributed by atoms with Crippen LogP contribution < -0.4 is 0 Å². The second-order valence-corrected chi connectivity index (χ2v) is 5.35. The summed E-state index contributed by atoms with van der Waals surface area (Å²) in [5.74, 6) is -8.18. The molecule has 124 valence electrons. The van der Waals surface area contributed by atoms with Crippen molar-refractivity contribution in [3.63, 3.8) is 0 Å². The lowest BCUT2D eigenvalue weighted by molar-refractivity contribution is -0.363. The van der Waals surface area contributed by atoms with Crippen molar-refractivity contribution < 1.29 is 29.2 Å². The third-order valence-electron chi connectivity index (χ3n) is 3.69. The Labute approximate surface area is 132 Å². The van der Waals surface area contributed by atoms with Gasteiger partial charge in [-0.05, 0) is 24.0 Å². The number of halogens is 2. The zero-order valence-electron chi connectivity index (χ0n) is 12.2. The number of rotatable bonds is 6. The summed E-state index contributed by atoms with van der Waals surface area (Å²) in [6.07, 6.45) is -1.77. The van der Waals surface area contributed by atoms with Gasteiger partial charge in [-0.2, -0.15) is 8.78 Å². The first-order valence-corrected chi connectivity index (χ1v) is 7.07. The van der Waals surface area contributed by atoms with Crippen molar-refractivity contribution >= 4 is 0 Å². The van der Waals surface area contributed by atoms with E-state index < -0.39 is 23.6 Å². The lowest BCUT2D eigenvalue weighted by Gasteiger charge is -2.32. The third kappa shape index (κ3) is 3.73. The fourth-order valence-corrected chi connectivity index (χ4v) is 2.21. The molecule has 0 aromatic heterocycles. The standard InChI is InChI=1S/C17H18F2O4/c18-16(19,15(20)21)17(22,23)14-10-8-13(9-11-14)7-6-12-4-2-1-3-5-12/h1-5,8-11,15,20-23H,6-7H2. The first-order valence-electron chi connectivity index (χ1n) is 7.07. The first-order chi connectivity index (χ1) is 10.7. The van der Waals surface area contributed by atoms with Crippen LogP contribution in [0.2, 0.25) is 0 Å². The summed E-state index contributed by atoms with van der Waals surface area (Å²) in [4.78, 5) is 0. The van der Waals surface area contributed by atoms with Gasteiger partial charge >= 0.3 is 5.92 Å². The maximum atomic E-state index is 13.5. The predicted molar refractivity (Wildman–Crippen MR) is 79.6 cm³/mol. The molecule has 0 amide bonds. The quantitative estimate of drug-likeness (QED) is 0.608. The van der Waals surface area contributed by atoms with Crippen molar-refractivity contribution in [2.75, 3.05) is 0 Å². The van der Waals surface area contributed by atoms with Crippen molar-refractivity contribution in [2.45, 2.75) is 30.8 Å². The summed E-state index contributed by atoms with van der Waals surface area (Å²) < 4.78 is 27.0. The first kappa shape index (κ1) is 17.5. The molecule has 2 rings (SSSR count). The average molecular weight is 324 g/mol. The summed E-state index contributed by atoms with van der Waals surface area (Å²) in [6, 6.07) is 15.0. The summed E-state index contributed by atoms with van der Waals surface area (Å²) in [6.45, 7) is 0. The van der Waals surface area contributed by atoms with Crippen LogP contribution in [0.4, 0.5) is 8.78 Å². The topological polar surface area (TPSA) is 80.9 Å². The molecule has 0 atom stereocenters. The number of alkyl halides is 2. The molecule has 0 spiro atoms. The van der Waals surface area contributed by atoms with Crippen LogP contribution in [0, 0.1) is 0 Å². The van der Waals surface area contributed by atoms with Crippen LogP contribution >= 0.6 is 0 Å². The molecule has 2 aromatic rings. The van der Waals surface area contributed by atoms with Crippen molar-refractivity contribution in [3.05, 3.63) is 71.3 Å². The molecule has 6 heteroatoms. The molecule has 0 aliphatic carbocycles. The normalized spacial score (nSPS) is 12.7. The molecular formula is C17H18F2O4. The Kier molecular flexibility index (Phi) is 5.11. The largest absolute Gasteiger partial charge is 0.363 e. The minimum atomic E-state index is -4.52. The van der Waals surface area contributed by atoms with E-state index in [9.17, 15) is 19.0 Å². The smallest absolute Gasteiger partial charge is 0.354 e. The number of aliphatic hydroxyl groups is 4. The van der Waals surface area contributed by atoms with Gasteiger partial charge in [0, 0.05) is 5.56 Å². The van der Waals surface area contributed by atoms with Gasteiger partial charge in [0.15, 0.2) is 0 Å². The number of aryl methyl sites for hydroxylation is 2. The Morgan fingerprint density at radius 2 is 1.26 bits per heavy atom. The lowest BCUT2D eigenvalue weighted by atomic mass is 9.96. The molecule has 0 aliphatic rings. The lowest BCUT2D eigenvalue weighted by Crippen LogP contribution is -2.53. The molecule has 23 heavy (non-hydrogen) atoms. The van der Waals surface area contributed by atoms with E-state index in [0.717, 1.165) is 29.7 Å². The molecule has 0 unspecified atom stereocenters. The summed E-state index contributed by atoms with van der Waals surface area (Å²) >= 11 is 0. The molecule has 2 aromatic carbocycles. The molecule has 0 heterocycles. The average Bonchev–Trinajstić information content (AvgIpc) is 2.54. The Morgan fingerprint density at radius 1 is 0.783 bits per heavy atom. The molecule has 0 radical (unpaired) electrons. The minimum Gasteiger partial charge on any atom is -0.363 e. The van der Waals surface area contributed by atoms with Gasteiger partial charge in [0.1, 0.15) is 0 Å². The highest BCUT2D eigenvalue weighted by Gasteiger charge is 2.58. The van der Waals surface area contributed by atoms with E-state index in [1.807, 2.05) is 30.3 Å². The summed E-state index contributed by atoms with van der Waals surface area (Å²) in [5.41, 5.74) is 1.45. The molecule has 0 bridgehead atoms. The van der Waals surface area contributed by atoms with Gasteiger partial charge in [0.05, 0.1) is 0 Å². The van der Waals surface area contributed by atoms with Gasteiger partial charge in [0.25, 0.3) is 5.79 Å². The van der Waals surface area contributed by atoms with Gasteiger partial charge in [-0.3, -0.25) is 0 Å². The molecule has 4 N–H and O–H groups in total. The fourth-order valence-electron chi connectivity index (χ4n) is 2.21. The van der Waals surface area contributed by atoms with Crippen molar-refractivity contribution in [1.29, 1.82) is 0 Å². The van der Waals surface area contributed by atoms with Crippen LogP contribution in [0.25, 0.3) is 0 Å². The van der Waals surface area contributed by atoms with Crippen LogP contribution in [0.15, 0.2) is 54.6 Å². The Bertz CT molecular complexity index is 625. The molecule has 0 saturated heterocycles. The highest BCUT2D eigenvalue weighted by molar-refractivity contribution is 5.28.